The summed E-state index contributed by atoms with van der Waals surface area (Å²) in [7, 11) is -0.679. The summed E-state index contributed by atoms with van der Waals surface area (Å²) in [5.74, 6) is 1.54. The zero-order valence-electron chi connectivity index (χ0n) is 13.5. The van der Waals surface area contributed by atoms with Crippen molar-refractivity contribution in [3.8, 4) is 5.75 Å². The molecule has 0 N–H and O–H groups in total. The Hall–Kier alpha value is -1.16. The number of rotatable bonds is 4. The number of hydrogen-bond acceptors (Lipinski definition) is 3. The van der Waals surface area contributed by atoms with Gasteiger partial charge in [0.2, 0.25) is 0 Å². The summed E-state index contributed by atoms with van der Waals surface area (Å²) in [6.07, 6.45) is 7.45. The van der Waals surface area contributed by atoms with Gasteiger partial charge in [-0.15, -0.1) is 0 Å². The highest BCUT2D eigenvalue weighted by atomic mass is 32.2. The quantitative estimate of drug-likeness (QED) is 0.850. The molecule has 0 spiro atoms. The molecule has 0 aromatic heterocycles. The Kier molecular flexibility index (Phi) is 4.27. The number of aryl methyl sites for hydroxylation is 1. The lowest BCUT2D eigenvalue weighted by Crippen LogP contribution is -2.41. The third kappa shape index (κ3) is 3.10. The van der Waals surface area contributed by atoms with Gasteiger partial charge in [0.1, 0.15) is 11.5 Å². The molecule has 3 heterocycles. The third-order valence-electron chi connectivity index (χ3n) is 5.67. The van der Waals surface area contributed by atoms with Crippen LogP contribution in [0.3, 0.4) is 0 Å². The molecule has 124 valence electrons. The summed E-state index contributed by atoms with van der Waals surface area (Å²) in [5, 5.41) is 0.571. The van der Waals surface area contributed by atoms with E-state index in [1.165, 1.54) is 17.5 Å². The molecule has 4 heteroatoms. The standard InChI is InChI=1S/C19H24O3S/c20-18(15-11-16-2-1-3-17(12-15)23(16)21)6-4-13-5-7-19-14(10-13)8-9-22-19/h5,7,10,15-17H,1-4,6,8-9,11-12H2. The highest BCUT2D eigenvalue weighted by Crippen LogP contribution is 2.38. The molecule has 3 nitrogen and oxygen atoms in total. The lowest BCUT2D eigenvalue weighted by molar-refractivity contribution is -0.123. The summed E-state index contributed by atoms with van der Waals surface area (Å²) in [5.41, 5.74) is 2.51. The van der Waals surface area contributed by atoms with Crippen molar-refractivity contribution in [3.05, 3.63) is 29.3 Å². The fourth-order valence-corrected chi connectivity index (χ4v) is 6.55. The number of ketones is 1. The molecule has 2 unspecified atom stereocenters. The van der Waals surface area contributed by atoms with Crippen LogP contribution in [0.25, 0.3) is 0 Å². The Morgan fingerprint density at radius 2 is 2.00 bits per heavy atom. The van der Waals surface area contributed by atoms with Gasteiger partial charge in [0.15, 0.2) is 0 Å². The van der Waals surface area contributed by atoms with Gasteiger partial charge < -0.3 is 4.74 Å². The van der Waals surface area contributed by atoms with Crippen LogP contribution in [0.1, 0.15) is 49.7 Å². The predicted molar refractivity (Wildman–Crippen MR) is 91.3 cm³/mol. The summed E-state index contributed by atoms with van der Waals surface area (Å²) in [6, 6.07) is 6.32. The fourth-order valence-electron chi connectivity index (χ4n) is 4.36. The summed E-state index contributed by atoms with van der Waals surface area (Å²) in [4.78, 5) is 12.6. The van der Waals surface area contributed by atoms with E-state index in [9.17, 15) is 9.00 Å². The SMILES string of the molecule is O=C(CCc1ccc2c(c1)CCO2)C1CC2CCCC(C1)S2=O. The largest absolute Gasteiger partial charge is 0.493 e. The van der Waals surface area contributed by atoms with Gasteiger partial charge in [-0.25, -0.2) is 0 Å². The van der Waals surface area contributed by atoms with Crippen LogP contribution in [0.4, 0.5) is 0 Å². The van der Waals surface area contributed by atoms with Gasteiger partial charge in [-0.05, 0) is 49.3 Å². The van der Waals surface area contributed by atoms with Crippen LogP contribution in [0.2, 0.25) is 0 Å². The smallest absolute Gasteiger partial charge is 0.136 e. The molecule has 0 saturated carbocycles. The number of Topliss-reactive ketones (excluding diaryl/α,β-unsaturated/α-hetero) is 1. The van der Waals surface area contributed by atoms with Crippen LogP contribution in [-0.2, 0) is 28.4 Å². The highest BCUT2D eigenvalue weighted by Gasteiger charge is 2.40. The van der Waals surface area contributed by atoms with E-state index in [0.717, 1.165) is 50.9 Å². The van der Waals surface area contributed by atoms with Crippen molar-refractivity contribution in [2.75, 3.05) is 6.61 Å². The van der Waals surface area contributed by atoms with Crippen LogP contribution in [0, 0.1) is 5.92 Å². The van der Waals surface area contributed by atoms with Crippen molar-refractivity contribution in [1.82, 2.24) is 0 Å². The van der Waals surface area contributed by atoms with Crippen molar-refractivity contribution in [3.63, 3.8) is 0 Å². The van der Waals surface area contributed by atoms with Crippen molar-refractivity contribution in [1.29, 1.82) is 0 Å². The Bertz CT molecular complexity index is 624. The van der Waals surface area contributed by atoms with Crippen LogP contribution in [-0.4, -0.2) is 27.1 Å². The number of carbonyl (C=O) groups excluding carboxylic acids is 1. The number of benzene rings is 1. The second-order valence-electron chi connectivity index (χ2n) is 7.18. The maximum Gasteiger partial charge on any atom is 0.136 e. The Morgan fingerprint density at radius 1 is 1.22 bits per heavy atom. The molecule has 23 heavy (non-hydrogen) atoms. The maximum atomic E-state index is 12.6. The monoisotopic (exact) mass is 332 g/mol. The molecule has 1 aromatic rings. The predicted octanol–water partition coefficient (Wildman–Crippen LogP) is 3.20. The minimum atomic E-state index is -0.679. The Labute approximate surface area is 140 Å². The first kappa shape index (κ1) is 15.4. The summed E-state index contributed by atoms with van der Waals surface area (Å²) < 4.78 is 17.8. The molecule has 2 atom stereocenters. The Morgan fingerprint density at radius 3 is 2.78 bits per heavy atom. The molecule has 1 aromatic carbocycles. The molecule has 2 bridgehead atoms. The number of fused-ring (bicyclic) bond motifs is 3. The molecular weight excluding hydrogens is 308 g/mol. The van der Waals surface area contributed by atoms with Crippen LogP contribution < -0.4 is 4.74 Å². The van der Waals surface area contributed by atoms with E-state index in [0.29, 0.717) is 12.2 Å². The normalized spacial score (nSPS) is 32.2. The molecule has 2 fully saturated rings. The minimum Gasteiger partial charge on any atom is -0.493 e. The first-order valence-electron chi connectivity index (χ1n) is 8.87. The van der Waals surface area contributed by atoms with E-state index in [1.54, 1.807) is 0 Å². The summed E-state index contributed by atoms with van der Waals surface area (Å²) >= 11 is 0. The molecule has 3 aliphatic rings. The Balaban J connectivity index is 1.36. The number of ether oxygens (including phenoxy) is 1. The lowest BCUT2D eigenvalue weighted by Gasteiger charge is -2.37. The van der Waals surface area contributed by atoms with E-state index in [1.807, 2.05) is 6.07 Å². The van der Waals surface area contributed by atoms with Gasteiger partial charge in [0.05, 0.1) is 6.61 Å². The number of hydrogen-bond donors (Lipinski definition) is 0. The molecule has 0 aliphatic carbocycles. The molecule has 0 amide bonds. The molecule has 0 radical (unpaired) electrons. The zero-order valence-corrected chi connectivity index (χ0v) is 14.3. The average molecular weight is 332 g/mol. The zero-order chi connectivity index (χ0) is 15.8. The van der Waals surface area contributed by atoms with Crippen molar-refractivity contribution < 1.29 is 13.7 Å². The minimum absolute atomic E-state index is 0.153. The van der Waals surface area contributed by atoms with E-state index >= 15 is 0 Å². The number of carbonyl (C=O) groups is 1. The third-order valence-corrected chi connectivity index (χ3v) is 7.84. The summed E-state index contributed by atoms with van der Waals surface area (Å²) in [6.45, 7) is 0.777. The van der Waals surface area contributed by atoms with E-state index in [2.05, 4.69) is 12.1 Å². The molecular formula is C19H24O3S. The van der Waals surface area contributed by atoms with Gasteiger partial charge in [-0.3, -0.25) is 9.00 Å². The van der Waals surface area contributed by atoms with Crippen LogP contribution in [0.15, 0.2) is 18.2 Å². The van der Waals surface area contributed by atoms with Gasteiger partial charge in [-0.1, -0.05) is 18.6 Å². The lowest BCUT2D eigenvalue weighted by atomic mass is 9.85. The van der Waals surface area contributed by atoms with Crippen molar-refractivity contribution in [2.24, 2.45) is 5.92 Å². The van der Waals surface area contributed by atoms with E-state index in [-0.39, 0.29) is 16.4 Å². The van der Waals surface area contributed by atoms with Gasteiger partial charge in [0, 0.05) is 40.1 Å². The van der Waals surface area contributed by atoms with Gasteiger partial charge in [-0.2, -0.15) is 0 Å². The van der Waals surface area contributed by atoms with Crippen molar-refractivity contribution in [2.45, 2.75) is 61.9 Å². The molecule has 2 saturated heterocycles. The first-order valence-corrected chi connectivity index (χ1v) is 10.1. The van der Waals surface area contributed by atoms with Crippen LogP contribution >= 0.6 is 0 Å². The van der Waals surface area contributed by atoms with E-state index < -0.39 is 10.8 Å². The van der Waals surface area contributed by atoms with E-state index in [4.69, 9.17) is 4.74 Å². The maximum absolute atomic E-state index is 12.6. The first-order chi connectivity index (χ1) is 11.2. The second kappa shape index (κ2) is 6.39. The van der Waals surface area contributed by atoms with Crippen LogP contribution in [0.5, 0.6) is 5.75 Å². The van der Waals surface area contributed by atoms with Gasteiger partial charge >= 0.3 is 0 Å². The average Bonchev–Trinajstić information content (AvgIpc) is 3.00. The van der Waals surface area contributed by atoms with Crippen molar-refractivity contribution >= 4 is 16.6 Å². The second-order valence-corrected chi connectivity index (χ2v) is 9.17. The van der Waals surface area contributed by atoms with Gasteiger partial charge in [0.25, 0.3) is 0 Å². The molecule has 3 aliphatic heterocycles. The molecule has 4 rings (SSSR count). The fraction of sp³-hybridized carbons (Fsp3) is 0.632. The topological polar surface area (TPSA) is 43.4 Å². The highest BCUT2D eigenvalue weighted by molar-refractivity contribution is 7.86.